The summed E-state index contributed by atoms with van der Waals surface area (Å²) in [5.74, 6) is -0.0256. The molecule has 29 heavy (non-hydrogen) atoms. The number of rotatable bonds is 6. The third-order valence-corrected chi connectivity index (χ3v) is 5.60. The Bertz CT molecular complexity index is 817. The second-order valence-electron chi connectivity index (χ2n) is 7.49. The van der Waals surface area contributed by atoms with Gasteiger partial charge in [0.25, 0.3) is 5.91 Å². The van der Waals surface area contributed by atoms with Crippen LogP contribution in [-0.4, -0.2) is 61.5 Å². The molecule has 1 fully saturated rings. The average molecular weight is 395 g/mol. The summed E-state index contributed by atoms with van der Waals surface area (Å²) in [7, 11) is 3.73. The molecule has 2 N–H and O–H groups in total. The van der Waals surface area contributed by atoms with E-state index in [1.165, 1.54) is 5.56 Å². The molecule has 0 saturated carbocycles. The Morgan fingerprint density at radius 3 is 2.38 bits per heavy atom. The molecule has 3 rings (SSSR count). The number of hydrogen-bond acceptors (Lipinski definition) is 3. The maximum Gasteiger partial charge on any atom is 0.318 e. The first-order chi connectivity index (χ1) is 14.1. The molecule has 2 aromatic carbocycles. The van der Waals surface area contributed by atoms with Gasteiger partial charge in [0.15, 0.2) is 0 Å². The van der Waals surface area contributed by atoms with Gasteiger partial charge in [-0.15, -0.1) is 0 Å². The molecule has 1 saturated heterocycles. The number of carbonyl (C=O) groups is 2. The van der Waals surface area contributed by atoms with E-state index in [4.69, 9.17) is 0 Å². The highest BCUT2D eigenvalue weighted by atomic mass is 16.2. The molecule has 0 aliphatic carbocycles. The smallest absolute Gasteiger partial charge is 0.318 e. The van der Waals surface area contributed by atoms with Crippen LogP contribution in [0.1, 0.15) is 28.8 Å². The Hall–Kier alpha value is -2.86. The lowest BCUT2D eigenvalue weighted by Gasteiger charge is -2.37. The summed E-state index contributed by atoms with van der Waals surface area (Å²) >= 11 is 0. The summed E-state index contributed by atoms with van der Waals surface area (Å²) < 4.78 is 0. The van der Waals surface area contributed by atoms with E-state index in [1.807, 2.05) is 23.1 Å². The zero-order chi connectivity index (χ0) is 20.6. The lowest BCUT2D eigenvalue weighted by Crippen LogP contribution is -2.46. The Kier molecular flexibility index (Phi) is 7.25. The van der Waals surface area contributed by atoms with E-state index in [2.05, 4.69) is 46.8 Å². The van der Waals surface area contributed by atoms with Crippen molar-refractivity contribution in [1.29, 1.82) is 0 Å². The van der Waals surface area contributed by atoms with Crippen LogP contribution < -0.4 is 10.6 Å². The van der Waals surface area contributed by atoms with E-state index >= 15 is 0 Å². The monoisotopic (exact) mass is 394 g/mol. The lowest BCUT2D eigenvalue weighted by atomic mass is 10.0. The fraction of sp³-hybridized carbons (Fsp3) is 0.391. The maximum atomic E-state index is 13.0. The minimum absolute atomic E-state index is 0.0256. The molecule has 0 unspecified atom stereocenters. The number of urea groups is 1. The van der Waals surface area contributed by atoms with E-state index < -0.39 is 0 Å². The van der Waals surface area contributed by atoms with Crippen LogP contribution in [0, 0.1) is 0 Å². The lowest BCUT2D eigenvalue weighted by molar-refractivity contribution is 0.0648. The number of piperidine rings is 1. The van der Waals surface area contributed by atoms with Crippen LogP contribution in [0.25, 0.3) is 0 Å². The van der Waals surface area contributed by atoms with Crippen molar-refractivity contribution in [3.63, 3.8) is 0 Å². The molecule has 6 nitrogen and oxygen atoms in total. The summed E-state index contributed by atoms with van der Waals surface area (Å²) in [6, 6.07) is 17.9. The summed E-state index contributed by atoms with van der Waals surface area (Å²) in [4.78, 5) is 29.0. The Morgan fingerprint density at radius 1 is 1.03 bits per heavy atom. The first-order valence-corrected chi connectivity index (χ1v) is 10.2. The molecule has 0 spiro atoms. The van der Waals surface area contributed by atoms with Crippen LogP contribution in [-0.2, 0) is 6.42 Å². The molecule has 0 atom stereocenters. The molecule has 6 heteroatoms. The predicted octanol–water partition coefficient (Wildman–Crippen LogP) is 3.22. The van der Waals surface area contributed by atoms with Crippen molar-refractivity contribution in [2.24, 2.45) is 0 Å². The molecular formula is C23H30N4O2. The number of anilines is 1. The molecule has 1 aliphatic rings. The van der Waals surface area contributed by atoms with Gasteiger partial charge in [-0.25, -0.2) is 4.79 Å². The summed E-state index contributed by atoms with van der Waals surface area (Å²) in [5, 5.41) is 5.25. The van der Waals surface area contributed by atoms with Gasteiger partial charge in [-0.3, -0.25) is 4.79 Å². The van der Waals surface area contributed by atoms with Crippen LogP contribution in [0.15, 0.2) is 54.6 Å². The predicted molar refractivity (Wildman–Crippen MR) is 116 cm³/mol. The molecule has 1 heterocycles. The molecule has 0 radical (unpaired) electrons. The molecule has 3 amide bonds. The number of likely N-dealkylation sites (tertiary alicyclic amines) is 1. The number of hydrogen-bond donors (Lipinski definition) is 2. The highest BCUT2D eigenvalue weighted by Crippen LogP contribution is 2.22. The van der Waals surface area contributed by atoms with E-state index in [0.717, 1.165) is 38.9 Å². The minimum atomic E-state index is -0.330. The first-order valence-electron chi connectivity index (χ1n) is 10.2. The number of carbonyl (C=O) groups excluding carboxylic acids is 2. The number of nitrogens with zero attached hydrogens (tertiary/aromatic N) is 2. The molecule has 154 valence electrons. The van der Waals surface area contributed by atoms with Gasteiger partial charge >= 0.3 is 6.03 Å². The van der Waals surface area contributed by atoms with Gasteiger partial charge < -0.3 is 20.4 Å². The Balaban J connectivity index is 1.54. The van der Waals surface area contributed by atoms with Gasteiger partial charge in [0.2, 0.25) is 0 Å². The van der Waals surface area contributed by atoms with Crippen LogP contribution in [0.2, 0.25) is 0 Å². The second kappa shape index (κ2) is 10.1. The fourth-order valence-electron chi connectivity index (χ4n) is 3.78. The van der Waals surface area contributed by atoms with Crippen LogP contribution in [0.3, 0.4) is 0 Å². The zero-order valence-corrected chi connectivity index (χ0v) is 17.2. The van der Waals surface area contributed by atoms with Crippen molar-refractivity contribution in [3.8, 4) is 0 Å². The summed E-state index contributed by atoms with van der Waals surface area (Å²) in [6.45, 7) is 2.47. The number of para-hydroxylation sites is 1. The van der Waals surface area contributed by atoms with Crippen molar-refractivity contribution in [2.75, 3.05) is 39.0 Å². The van der Waals surface area contributed by atoms with Gasteiger partial charge in [0.05, 0.1) is 11.3 Å². The fourth-order valence-corrected chi connectivity index (χ4v) is 3.78. The first kappa shape index (κ1) is 20.9. The SMILES string of the molecule is CNC(=O)Nc1ccccc1C(=O)N1CCC(N(C)CCc2ccccc2)CC1. The highest BCUT2D eigenvalue weighted by Gasteiger charge is 2.27. The van der Waals surface area contributed by atoms with Gasteiger partial charge in [0.1, 0.15) is 0 Å². The number of benzene rings is 2. The van der Waals surface area contributed by atoms with E-state index in [-0.39, 0.29) is 11.9 Å². The highest BCUT2D eigenvalue weighted by molar-refractivity contribution is 6.03. The number of amides is 3. The summed E-state index contributed by atoms with van der Waals surface area (Å²) in [5.41, 5.74) is 2.43. The van der Waals surface area contributed by atoms with Crippen molar-refractivity contribution in [1.82, 2.24) is 15.1 Å². The largest absolute Gasteiger partial charge is 0.341 e. The summed E-state index contributed by atoms with van der Waals surface area (Å²) in [6.07, 6.45) is 2.96. The van der Waals surface area contributed by atoms with Crippen molar-refractivity contribution in [3.05, 3.63) is 65.7 Å². The Labute approximate surface area is 172 Å². The third kappa shape index (κ3) is 5.57. The van der Waals surface area contributed by atoms with Gasteiger partial charge in [-0.1, -0.05) is 42.5 Å². The van der Waals surface area contributed by atoms with Gasteiger partial charge in [0, 0.05) is 32.7 Å². The standard InChI is InChI=1S/C23H30N4O2/c1-24-23(29)25-21-11-7-6-10-20(21)22(28)27-16-13-19(14-17-27)26(2)15-12-18-8-4-3-5-9-18/h3-11,19H,12-17H2,1-2H3,(H2,24,25,29). The zero-order valence-electron chi connectivity index (χ0n) is 17.2. The number of nitrogens with one attached hydrogen (secondary N) is 2. The third-order valence-electron chi connectivity index (χ3n) is 5.60. The normalized spacial score (nSPS) is 14.7. The molecule has 2 aromatic rings. The van der Waals surface area contributed by atoms with E-state index in [1.54, 1.807) is 19.2 Å². The number of likely N-dealkylation sites (N-methyl/N-ethyl adjacent to an activating group) is 1. The topological polar surface area (TPSA) is 64.7 Å². The van der Waals surface area contributed by atoms with Crippen LogP contribution in [0.5, 0.6) is 0 Å². The average Bonchev–Trinajstić information content (AvgIpc) is 2.78. The molecular weight excluding hydrogens is 364 g/mol. The van der Waals surface area contributed by atoms with Gasteiger partial charge in [-0.2, -0.15) is 0 Å². The molecule has 0 aromatic heterocycles. The van der Waals surface area contributed by atoms with E-state index in [9.17, 15) is 9.59 Å². The molecule has 1 aliphatic heterocycles. The van der Waals surface area contributed by atoms with Crippen molar-refractivity contribution in [2.45, 2.75) is 25.3 Å². The van der Waals surface area contributed by atoms with Crippen LogP contribution >= 0.6 is 0 Å². The van der Waals surface area contributed by atoms with E-state index in [0.29, 0.717) is 17.3 Å². The second-order valence-corrected chi connectivity index (χ2v) is 7.49. The van der Waals surface area contributed by atoms with Crippen molar-refractivity contribution >= 4 is 17.6 Å². The van der Waals surface area contributed by atoms with Gasteiger partial charge in [-0.05, 0) is 44.0 Å². The van der Waals surface area contributed by atoms with Crippen molar-refractivity contribution < 1.29 is 9.59 Å². The Morgan fingerprint density at radius 2 is 1.69 bits per heavy atom. The molecule has 0 bridgehead atoms. The minimum Gasteiger partial charge on any atom is -0.341 e. The quantitative estimate of drug-likeness (QED) is 0.791. The maximum absolute atomic E-state index is 13.0. The van der Waals surface area contributed by atoms with Crippen LogP contribution in [0.4, 0.5) is 10.5 Å².